The highest BCUT2D eigenvalue weighted by Gasteiger charge is 2.16. The molecule has 0 spiro atoms. The van der Waals surface area contributed by atoms with Crippen LogP contribution in [-0.2, 0) is 0 Å². The minimum absolute atomic E-state index is 0.269. The van der Waals surface area contributed by atoms with Crippen LogP contribution in [0.25, 0.3) is 0 Å². The molecule has 0 saturated carbocycles. The summed E-state index contributed by atoms with van der Waals surface area (Å²) in [4.78, 5) is 0. The normalized spacial score (nSPS) is 11.5. The Balaban J connectivity index is 3.23. The molecule has 0 aliphatic heterocycles. The number of alkyl halides is 2. The van der Waals surface area contributed by atoms with Crippen molar-refractivity contribution in [2.24, 2.45) is 10.9 Å². The summed E-state index contributed by atoms with van der Waals surface area (Å²) in [5.41, 5.74) is -1.24. The van der Waals surface area contributed by atoms with Crippen LogP contribution in [0, 0.1) is 11.6 Å². The lowest BCUT2D eigenvalue weighted by Crippen LogP contribution is -1.98. The third-order valence-corrected chi connectivity index (χ3v) is 1.56. The molecule has 76 valence electrons. The summed E-state index contributed by atoms with van der Waals surface area (Å²) in [6, 6.07) is 1.05. The number of hydrogen-bond donors (Lipinski definition) is 1. The molecule has 0 fully saturated rings. The Kier molecular flexibility index (Phi) is 3.06. The topological polar surface area (TPSA) is 38.4 Å². The standard InChI is InChI=1S/C8H6F4N2/c9-6-2-5(8(11)12)7(10)1-4(6)3-14-13/h1-3,8H,13H2. The van der Waals surface area contributed by atoms with Crippen molar-refractivity contribution >= 4 is 6.21 Å². The molecule has 0 unspecified atom stereocenters. The predicted octanol–water partition coefficient (Wildman–Crippen LogP) is 2.20. The Labute approximate surface area is 77.0 Å². The number of rotatable bonds is 2. The largest absolute Gasteiger partial charge is 0.323 e. The Morgan fingerprint density at radius 1 is 1.21 bits per heavy atom. The van der Waals surface area contributed by atoms with Crippen molar-refractivity contribution in [2.45, 2.75) is 6.43 Å². The third-order valence-electron chi connectivity index (χ3n) is 1.56. The Bertz CT molecular complexity index is 363. The van der Waals surface area contributed by atoms with E-state index in [0.29, 0.717) is 12.1 Å². The molecule has 6 heteroatoms. The number of halogens is 4. The van der Waals surface area contributed by atoms with Gasteiger partial charge in [0.05, 0.1) is 11.8 Å². The van der Waals surface area contributed by atoms with Gasteiger partial charge in [-0.3, -0.25) is 0 Å². The van der Waals surface area contributed by atoms with E-state index in [-0.39, 0.29) is 5.56 Å². The van der Waals surface area contributed by atoms with Crippen LogP contribution in [-0.4, -0.2) is 6.21 Å². The highest BCUT2D eigenvalue weighted by molar-refractivity contribution is 5.79. The van der Waals surface area contributed by atoms with Gasteiger partial charge in [0, 0.05) is 5.56 Å². The van der Waals surface area contributed by atoms with Gasteiger partial charge >= 0.3 is 0 Å². The van der Waals surface area contributed by atoms with Crippen molar-refractivity contribution in [2.75, 3.05) is 0 Å². The van der Waals surface area contributed by atoms with Crippen LogP contribution in [0.4, 0.5) is 17.6 Å². The first-order chi connectivity index (χ1) is 6.56. The molecule has 1 aromatic rings. The first kappa shape index (κ1) is 10.5. The molecule has 1 aromatic carbocycles. The van der Waals surface area contributed by atoms with Gasteiger partial charge in [-0.1, -0.05) is 0 Å². The lowest BCUT2D eigenvalue weighted by atomic mass is 10.1. The molecule has 0 heterocycles. The molecular formula is C8H6F4N2. The number of nitrogens with two attached hydrogens (primary N) is 1. The van der Waals surface area contributed by atoms with E-state index in [4.69, 9.17) is 5.84 Å². The fourth-order valence-corrected chi connectivity index (χ4v) is 0.924. The molecule has 0 saturated heterocycles. The summed E-state index contributed by atoms with van der Waals surface area (Å²) in [5, 5.41) is 2.96. The molecule has 0 amide bonds. The van der Waals surface area contributed by atoms with Crippen molar-refractivity contribution < 1.29 is 17.6 Å². The SMILES string of the molecule is NN=Cc1cc(F)c(C(F)F)cc1F. The minimum Gasteiger partial charge on any atom is -0.323 e. The molecule has 0 bridgehead atoms. The fraction of sp³-hybridized carbons (Fsp3) is 0.125. The minimum atomic E-state index is -3.05. The van der Waals surface area contributed by atoms with Gasteiger partial charge < -0.3 is 5.84 Å². The molecular weight excluding hydrogens is 200 g/mol. The Hall–Kier alpha value is -1.59. The van der Waals surface area contributed by atoms with Crippen LogP contribution in [0.15, 0.2) is 17.2 Å². The van der Waals surface area contributed by atoms with Gasteiger partial charge in [-0.15, -0.1) is 0 Å². The summed E-state index contributed by atoms with van der Waals surface area (Å²) in [6.45, 7) is 0. The van der Waals surface area contributed by atoms with E-state index in [1.807, 2.05) is 0 Å². The summed E-state index contributed by atoms with van der Waals surface area (Å²) in [6.07, 6.45) is -2.21. The average Bonchev–Trinajstić information content (AvgIpc) is 2.10. The maximum atomic E-state index is 12.9. The molecule has 0 aliphatic rings. The maximum Gasteiger partial charge on any atom is 0.266 e. The Morgan fingerprint density at radius 3 is 2.36 bits per heavy atom. The number of hydrogen-bond acceptors (Lipinski definition) is 2. The van der Waals surface area contributed by atoms with Crippen LogP contribution in [0.3, 0.4) is 0 Å². The van der Waals surface area contributed by atoms with Crippen LogP contribution >= 0.6 is 0 Å². The van der Waals surface area contributed by atoms with E-state index >= 15 is 0 Å². The zero-order valence-corrected chi connectivity index (χ0v) is 6.85. The van der Waals surface area contributed by atoms with E-state index in [2.05, 4.69) is 5.10 Å². The van der Waals surface area contributed by atoms with Gasteiger partial charge in [-0.05, 0) is 12.1 Å². The summed E-state index contributed by atoms with van der Waals surface area (Å²) in [5.74, 6) is 2.54. The highest BCUT2D eigenvalue weighted by Crippen LogP contribution is 2.24. The van der Waals surface area contributed by atoms with Crippen molar-refractivity contribution in [3.63, 3.8) is 0 Å². The molecule has 2 nitrogen and oxygen atoms in total. The summed E-state index contributed by atoms with van der Waals surface area (Å²) in [7, 11) is 0. The van der Waals surface area contributed by atoms with Gasteiger partial charge in [0.25, 0.3) is 6.43 Å². The zero-order valence-electron chi connectivity index (χ0n) is 6.85. The molecule has 0 aromatic heterocycles. The third kappa shape index (κ3) is 2.01. The number of benzene rings is 1. The maximum absolute atomic E-state index is 12.9. The van der Waals surface area contributed by atoms with Gasteiger partial charge in [0.15, 0.2) is 0 Å². The van der Waals surface area contributed by atoms with Crippen LogP contribution in [0.2, 0.25) is 0 Å². The molecule has 1 rings (SSSR count). The molecule has 0 aliphatic carbocycles. The lowest BCUT2D eigenvalue weighted by Gasteiger charge is -2.03. The monoisotopic (exact) mass is 206 g/mol. The molecule has 2 N–H and O–H groups in total. The first-order valence-electron chi connectivity index (χ1n) is 3.56. The zero-order chi connectivity index (χ0) is 10.7. The second-order valence-electron chi connectivity index (χ2n) is 2.47. The molecule has 0 atom stereocenters. The second-order valence-corrected chi connectivity index (χ2v) is 2.47. The van der Waals surface area contributed by atoms with Gasteiger partial charge in [-0.2, -0.15) is 5.10 Å². The average molecular weight is 206 g/mol. The van der Waals surface area contributed by atoms with Crippen molar-refractivity contribution in [3.05, 3.63) is 34.9 Å². The smallest absolute Gasteiger partial charge is 0.266 e. The van der Waals surface area contributed by atoms with Gasteiger partial charge in [0.2, 0.25) is 0 Å². The fourth-order valence-electron chi connectivity index (χ4n) is 0.924. The summed E-state index contributed by atoms with van der Waals surface area (Å²) < 4.78 is 49.9. The molecule has 0 radical (unpaired) electrons. The first-order valence-corrected chi connectivity index (χ1v) is 3.56. The van der Waals surface area contributed by atoms with Crippen molar-refractivity contribution in [3.8, 4) is 0 Å². The van der Waals surface area contributed by atoms with Crippen LogP contribution in [0.1, 0.15) is 17.6 Å². The second kappa shape index (κ2) is 4.08. The van der Waals surface area contributed by atoms with Crippen molar-refractivity contribution in [1.29, 1.82) is 0 Å². The van der Waals surface area contributed by atoms with Gasteiger partial charge in [0.1, 0.15) is 11.6 Å². The van der Waals surface area contributed by atoms with Crippen LogP contribution < -0.4 is 5.84 Å². The summed E-state index contributed by atoms with van der Waals surface area (Å²) >= 11 is 0. The van der Waals surface area contributed by atoms with E-state index in [1.54, 1.807) is 0 Å². The van der Waals surface area contributed by atoms with Crippen LogP contribution in [0.5, 0.6) is 0 Å². The predicted molar refractivity (Wildman–Crippen MR) is 43.1 cm³/mol. The van der Waals surface area contributed by atoms with E-state index in [0.717, 1.165) is 6.21 Å². The lowest BCUT2D eigenvalue weighted by molar-refractivity contribution is 0.146. The van der Waals surface area contributed by atoms with E-state index in [9.17, 15) is 17.6 Å². The van der Waals surface area contributed by atoms with E-state index < -0.39 is 23.6 Å². The van der Waals surface area contributed by atoms with Gasteiger partial charge in [-0.25, -0.2) is 17.6 Å². The Morgan fingerprint density at radius 2 is 1.86 bits per heavy atom. The quantitative estimate of drug-likeness (QED) is 0.342. The number of nitrogens with zero attached hydrogens (tertiary/aromatic N) is 1. The van der Waals surface area contributed by atoms with Crippen molar-refractivity contribution in [1.82, 2.24) is 0 Å². The molecule has 14 heavy (non-hydrogen) atoms. The number of hydrazone groups is 1. The van der Waals surface area contributed by atoms with E-state index in [1.165, 1.54) is 0 Å². The highest BCUT2D eigenvalue weighted by atomic mass is 19.3.